The fourth-order valence-corrected chi connectivity index (χ4v) is 8.24. The molecular formula is C19H38N3O2P. The number of hydrogen-bond acceptors (Lipinski definition) is 4. The number of carboxylic acid groups (broad SMARTS) is 1. The van der Waals surface area contributed by atoms with Crippen LogP contribution in [0.1, 0.15) is 89.7 Å². The summed E-state index contributed by atoms with van der Waals surface area (Å²) in [6.07, 6.45) is 19.1. The highest BCUT2D eigenvalue weighted by Gasteiger charge is 2.34. The Kier molecular flexibility index (Phi) is 14.7. The minimum Gasteiger partial charge on any atom is -0.541 e. The lowest BCUT2D eigenvalue weighted by atomic mass is 10.4. The number of aromatic amines is 1. The van der Waals surface area contributed by atoms with Crippen LogP contribution in [0.5, 0.6) is 0 Å². The minimum atomic E-state index is -1.37. The number of aromatic nitrogens is 3. The van der Waals surface area contributed by atoms with Crippen LogP contribution in [0.2, 0.25) is 0 Å². The van der Waals surface area contributed by atoms with E-state index in [1.54, 1.807) is 24.6 Å². The number of hydrogen-bond donors (Lipinski definition) is 1. The average Bonchev–Trinajstić information content (AvgIpc) is 3.16. The molecule has 0 aliphatic rings. The Bertz CT molecular complexity index is 387. The Morgan fingerprint density at radius 2 is 1.32 bits per heavy atom. The molecule has 1 N–H and O–H groups in total. The third kappa shape index (κ3) is 11.3. The monoisotopic (exact) mass is 371 g/mol. The van der Waals surface area contributed by atoms with Crippen LogP contribution >= 0.6 is 7.26 Å². The predicted molar refractivity (Wildman–Crippen MR) is 107 cm³/mol. The van der Waals surface area contributed by atoms with Crippen LogP contribution in [0.3, 0.4) is 0 Å². The van der Waals surface area contributed by atoms with E-state index in [2.05, 4.69) is 42.9 Å². The summed E-state index contributed by atoms with van der Waals surface area (Å²) in [4.78, 5) is 13.1. The molecule has 0 radical (unpaired) electrons. The van der Waals surface area contributed by atoms with Gasteiger partial charge in [0, 0.05) is 7.26 Å². The van der Waals surface area contributed by atoms with Crippen LogP contribution in [0.4, 0.5) is 0 Å². The summed E-state index contributed by atoms with van der Waals surface area (Å²) in [5.74, 6) is -1.68. The summed E-state index contributed by atoms with van der Waals surface area (Å²) in [7, 11) is -0.562. The van der Waals surface area contributed by atoms with E-state index in [0.717, 1.165) is 0 Å². The van der Waals surface area contributed by atoms with Crippen molar-refractivity contribution in [1.29, 1.82) is 0 Å². The first-order chi connectivity index (χ1) is 12.0. The van der Waals surface area contributed by atoms with Crippen molar-refractivity contribution in [3.8, 4) is 0 Å². The van der Waals surface area contributed by atoms with E-state index in [1.165, 1.54) is 57.7 Å². The van der Waals surface area contributed by atoms with Gasteiger partial charge in [0.2, 0.25) is 0 Å². The van der Waals surface area contributed by atoms with Crippen LogP contribution in [-0.2, 0) is 0 Å². The van der Waals surface area contributed by atoms with Gasteiger partial charge in [-0.15, -0.1) is 0 Å². The second kappa shape index (κ2) is 15.3. The fourth-order valence-electron chi connectivity index (χ4n) is 2.95. The molecule has 0 aliphatic heterocycles. The molecule has 0 saturated heterocycles. The van der Waals surface area contributed by atoms with E-state index < -0.39 is 13.2 Å². The maximum atomic E-state index is 9.81. The van der Waals surface area contributed by atoms with E-state index in [4.69, 9.17) is 0 Å². The maximum Gasteiger partial charge on any atom is 0.196 e. The third-order valence-electron chi connectivity index (χ3n) is 4.54. The van der Waals surface area contributed by atoms with Crippen molar-refractivity contribution in [2.24, 2.45) is 0 Å². The Morgan fingerprint density at radius 3 is 1.52 bits per heavy atom. The molecule has 0 atom stereocenters. The van der Waals surface area contributed by atoms with Crippen molar-refractivity contribution in [3.05, 3.63) is 12.2 Å². The Hall–Kier alpha value is -0.960. The molecule has 1 heterocycles. The van der Waals surface area contributed by atoms with Crippen LogP contribution in [-0.4, -0.2) is 45.8 Å². The lowest BCUT2D eigenvalue weighted by molar-refractivity contribution is -0.256. The molecule has 1 rings (SSSR count). The highest BCUT2D eigenvalue weighted by molar-refractivity contribution is 7.75. The van der Waals surface area contributed by atoms with Gasteiger partial charge < -0.3 is 9.90 Å². The number of carbonyl (C=O) groups is 1. The summed E-state index contributed by atoms with van der Waals surface area (Å²) in [5.41, 5.74) is 0. The quantitative estimate of drug-likeness (QED) is 0.522. The van der Waals surface area contributed by atoms with Gasteiger partial charge in [-0.1, -0.05) is 53.4 Å². The number of nitrogens with one attached hydrogen (secondary N) is 1. The van der Waals surface area contributed by atoms with Gasteiger partial charge in [0.1, 0.15) is 12.3 Å². The SMILES string of the molecule is CCCC[P+](CCCC)(CCCC)CCCC.O=C([O-])c1nc[nH]n1. The number of H-pyrrole nitrogens is 1. The first kappa shape index (κ1) is 24.0. The van der Waals surface area contributed by atoms with Gasteiger partial charge in [-0.2, -0.15) is 5.10 Å². The summed E-state index contributed by atoms with van der Waals surface area (Å²) in [6.45, 7) is 9.42. The molecule has 1 aromatic rings. The van der Waals surface area contributed by atoms with Crippen molar-refractivity contribution >= 4 is 13.2 Å². The van der Waals surface area contributed by atoms with Gasteiger partial charge >= 0.3 is 0 Å². The molecule has 146 valence electrons. The van der Waals surface area contributed by atoms with E-state index in [-0.39, 0.29) is 5.82 Å². The lowest BCUT2D eigenvalue weighted by Gasteiger charge is -2.28. The Balaban J connectivity index is 0.000000593. The number of carboxylic acids is 1. The van der Waals surface area contributed by atoms with E-state index in [0.29, 0.717) is 0 Å². The van der Waals surface area contributed by atoms with E-state index >= 15 is 0 Å². The summed E-state index contributed by atoms with van der Waals surface area (Å²) in [6, 6.07) is 0. The smallest absolute Gasteiger partial charge is 0.196 e. The number of carbonyl (C=O) groups excluding carboxylic acids is 1. The van der Waals surface area contributed by atoms with Crippen molar-refractivity contribution in [2.45, 2.75) is 79.1 Å². The Morgan fingerprint density at radius 1 is 0.920 bits per heavy atom. The molecule has 0 aromatic carbocycles. The van der Waals surface area contributed by atoms with Gasteiger partial charge in [0.25, 0.3) is 0 Å². The van der Waals surface area contributed by atoms with Crippen LogP contribution in [0, 0.1) is 0 Å². The zero-order chi connectivity index (χ0) is 19.0. The Labute approximate surface area is 154 Å². The number of aromatic carboxylic acids is 1. The number of rotatable bonds is 13. The molecule has 0 amide bonds. The molecule has 5 nitrogen and oxygen atoms in total. The first-order valence-corrected chi connectivity index (χ1v) is 12.5. The van der Waals surface area contributed by atoms with Gasteiger partial charge in [-0.05, 0) is 25.7 Å². The molecule has 0 saturated carbocycles. The second-order valence-electron chi connectivity index (χ2n) is 6.76. The third-order valence-corrected chi connectivity index (χ3v) is 9.60. The van der Waals surface area contributed by atoms with Crippen LogP contribution in [0.25, 0.3) is 0 Å². The second-order valence-corrected chi connectivity index (χ2v) is 11.2. The molecule has 0 spiro atoms. The maximum absolute atomic E-state index is 9.81. The van der Waals surface area contributed by atoms with Gasteiger partial charge in [-0.3, -0.25) is 5.10 Å². The average molecular weight is 372 g/mol. The van der Waals surface area contributed by atoms with Crippen molar-refractivity contribution in [3.63, 3.8) is 0 Å². The van der Waals surface area contributed by atoms with Gasteiger partial charge in [-0.25, -0.2) is 4.98 Å². The molecular weight excluding hydrogens is 333 g/mol. The van der Waals surface area contributed by atoms with Crippen LogP contribution < -0.4 is 5.11 Å². The molecule has 0 unspecified atom stereocenters. The van der Waals surface area contributed by atoms with Gasteiger partial charge in [0.05, 0.1) is 24.6 Å². The summed E-state index contributed by atoms with van der Waals surface area (Å²) >= 11 is 0. The molecule has 1 aromatic heterocycles. The highest BCUT2D eigenvalue weighted by Crippen LogP contribution is 2.61. The van der Waals surface area contributed by atoms with Crippen molar-refractivity contribution in [2.75, 3.05) is 24.6 Å². The van der Waals surface area contributed by atoms with E-state index in [1.807, 2.05) is 0 Å². The lowest BCUT2D eigenvalue weighted by Crippen LogP contribution is -2.23. The fraction of sp³-hybridized carbons (Fsp3) is 0.842. The van der Waals surface area contributed by atoms with Crippen molar-refractivity contribution in [1.82, 2.24) is 15.2 Å². The van der Waals surface area contributed by atoms with Gasteiger partial charge in [0.15, 0.2) is 5.82 Å². The molecule has 0 fully saturated rings. The van der Waals surface area contributed by atoms with Crippen molar-refractivity contribution < 1.29 is 9.90 Å². The predicted octanol–water partition coefficient (Wildman–Crippen LogP) is 4.37. The topological polar surface area (TPSA) is 81.7 Å². The largest absolute Gasteiger partial charge is 0.541 e. The first-order valence-electron chi connectivity index (χ1n) is 9.97. The van der Waals surface area contributed by atoms with E-state index in [9.17, 15) is 9.90 Å². The normalized spacial score (nSPS) is 11.0. The number of nitrogens with zero attached hydrogens (tertiary/aromatic N) is 2. The molecule has 6 heteroatoms. The summed E-state index contributed by atoms with van der Waals surface area (Å²) < 4.78 is 0. The molecule has 0 aliphatic carbocycles. The molecule has 0 bridgehead atoms. The zero-order valence-corrected chi connectivity index (χ0v) is 17.6. The van der Waals surface area contributed by atoms with Crippen LogP contribution in [0.15, 0.2) is 6.33 Å². The minimum absolute atomic E-state index is 0.315. The zero-order valence-electron chi connectivity index (χ0n) is 16.7. The highest BCUT2D eigenvalue weighted by atomic mass is 31.2. The number of unbranched alkanes of at least 4 members (excludes halogenated alkanes) is 4. The summed E-state index contributed by atoms with van der Waals surface area (Å²) in [5, 5.41) is 15.3. The standard InChI is InChI=1S/C16H36P.C3H3N3O2/c1-5-9-13-17(14-10-6-2,15-11-7-3)16-12-8-4;7-3(8)2-4-1-5-6-2/h5-16H2,1-4H3;1H,(H,7,8)(H,4,5,6)/q+1;/p-1. The molecule has 25 heavy (non-hydrogen) atoms.